The third kappa shape index (κ3) is 3.45. The number of rotatable bonds is 7. The van der Waals surface area contributed by atoms with Gasteiger partial charge in [-0.25, -0.2) is 4.39 Å². The smallest absolute Gasteiger partial charge is 0.165 e. The van der Waals surface area contributed by atoms with Crippen molar-refractivity contribution in [1.82, 2.24) is 5.32 Å². The zero-order chi connectivity index (χ0) is 13.0. The average molecular weight is 251 g/mol. The molecule has 0 saturated heterocycles. The van der Waals surface area contributed by atoms with Crippen molar-refractivity contribution in [1.29, 1.82) is 0 Å². The molecule has 1 aromatic carbocycles. The molecule has 18 heavy (non-hydrogen) atoms. The number of ether oxygens (including phenoxy) is 1. The first-order valence-corrected chi connectivity index (χ1v) is 6.87. The lowest BCUT2D eigenvalue weighted by atomic mass is 10.1. The number of halogens is 1. The molecule has 2 rings (SSSR count). The molecule has 0 aliphatic heterocycles. The largest absolute Gasteiger partial charge is 0.490 e. The summed E-state index contributed by atoms with van der Waals surface area (Å²) in [5, 5.41) is 3.37. The van der Waals surface area contributed by atoms with E-state index in [1.165, 1.54) is 18.9 Å². The van der Waals surface area contributed by atoms with Crippen molar-refractivity contribution in [3.8, 4) is 5.75 Å². The molecule has 1 fully saturated rings. The van der Waals surface area contributed by atoms with Gasteiger partial charge in [-0.3, -0.25) is 0 Å². The number of para-hydroxylation sites is 1. The molecular formula is C15H22FNO. The van der Waals surface area contributed by atoms with Gasteiger partial charge in [0.25, 0.3) is 0 Å². The van der Waals surface area contributed by atoms with Crippen molar-refractivity contribution in [2.24, 2.45) is 5.92 Å². The molecule has 1 aliphatic rings. The van der Waals surface area contributed by atoms with Gasteiger partial charge in [0.2, 0.25) is 0 Å². The number of hydrogen-bond acceptors (Lipinski definition) is 2. The van der Waals surface area contributed by atoms with Crippen LogP contribution < -0.4 is 10.1 Å². The molecule has 1 atom stereocenters. The van der Waals surface area contributed by atoms with E-state index in [0.717, 1.165) is 18.5 Å². The molecule has 0 bridgehead atoms. The Morgan fingerprint density at radius 3 is 2.89 bits per heavy atom. The van der Waals surface area contributed by atoms with E-state index in [-0.39, 0.29) is 11.9 Å². The first-order chi connectivity index (χ1) is 8.72. The Morgan fingerprint density at radius 2 is 2.22 bits per heavy atom. The first-order valence-electron chi connectivity index (χ1n) is 6.87. The maximum absolute atomic E-state index is 13.9. The van der Waals surface area contributed by atoms with Crippen LogP contribution in [0.3, 0.4) is 0 Å². The van der Waals surface area contributed by atoms with Crippen LogP contribution in [0.5, 0.6) is 5.75 Å². The Bertz CT molecular complexity index is 390. The molecule has 1 aromatic rings. The van der Waals surface area contributed by atoms with Crippen molar-refractivity contribution in [2.75, 3.05) is 13.2 Å². The highest BCUT2D eigenvalue weighted by atomic mass is 19.1. The van der Waals surface area contributed by atoms with Gasteiger partial charge in [0.15, 0.2) is 11.6 Å². The van der Waals surface area contributed by atoms with Crippen molar-refractivity contribution in [3.05, 3.63) is 29.6 Å². The highest BCUT2D eigenvalue weighted by molar-refractivity contribution is 5.37. The van der Waals surface area contributed by atoms with Crippen molar-refractivity contribution in [2.45, 2.75) is 39.2 Å². The summed E-state index contributed by atoms with van der Waals surface area (Å²) in [6.45, 7) is 5.75. The van der Waals surface area contributed by atoms with Gasteiger partial charge in [-0.05, 0) is 44.7 Å². The molecule has 0 radical (unpaired) electrons. The van der Waals surface area contributed by atoms with Crippen molar-refractivity contribution < 1.29 is 9.13 Å². The molecule has 0 amide bonds. The molecular weight excluding hydrogens is 229 g/mol. The van der Waals surface area contributed by atoms with E-state index in [2.05, 4.69) is 19.2 Å². The fourth-order valence-electron chi connectivity index (χ4n) is 1.98. The number of nitrogens with one attached hydrogen (secondary N) is 1. The van der Waals surface area contributed by atoms with Crippen LogP contribution in [0.1, 0.15) is 44.7 Å². The van der Waals surface area contributed by atoms with Gasteiger partial charge < -0.3 is 10.1 Å². The van der Waals surface area contributed by atoms with Crippen LogP contribution in [0.2, 0.25) is 0 Å². The standard InChI is InChI=1S/C15H22FNO/c1-3-9-17-11(2)13-5-4-6-14(16)15(13)18-10-12-7-8-12/h4-6,11-12,17H,3,7-10H2,1-2H3. The first kappa shape index (κ1) is 13.3. The topological polar surface area (TPSA) is 21.3 Å². The fourth-order valence-corrected chi connectivity index (χ4v) is 1.98. The van der Waals surface area contributed by atoms with Gasteiger partial charge >= 0.3 is 0 Å². The summed E-state index contributed by atoms with van der Waals surface area (Å²) in [5.41, 5.74) is 0.920. The van der Waals surface area contributed by atoms with E-state index in [9.17, 15) is 4.39 Å². The highest BCUT2D eigenvalue weighted by Crippen LogP contribution is 2.33. The zero-order valence-corrected chi connectivity index (χ0v) is 11.2. The third-order valence-corrected chi connectivity index (χ3v) is 3.32. The molecule has 0 spiro atoms. The Morgan fingerprint density at radius 1 is 1.44 bits per heavy atom. The monoisotopic (exact) mass is 251 g/mol. The Kier molecular flexibility index (Phi) is 4.59. The summed E-state index contributed by atoms with van der Waals surface area (Å²) in [6, 6.07) is 5.28. The lowest BCUT2D eigenvalue weighted by Crippen LogP contribution is -2.20. The summed E-state index contributed by atoms with van der Waals surface area (Å²) in [7, 11) is 0. The van der Waals surface area contributed by atoms with Crippen LogP contribution in [0.4, 0.5) is 4.39 Å². The van der Waals surface area contributed by atoms with Crippen LogP contribution >= 0.6 is 0 Å². The Balaban J connectivity index is 2.08. The van der Waals surface area contributed by atoms with Gasteiger partial charge in [0.05, 0.1) is 6.61 Å². The minimum absolute atomic E-state index is 0.120. The van der Waals surface area contributed by atoms with Crippen molar-refractivity contribution >= 4 is 0 Å². The van der Waals surface area contributed by atoms with E-state index in [0.29, 0.717) is 18.3 Å². The lowest BCUT2D eigenvalue weighted by Gasteiger charge is -2.18. The second-order valence-electron chi connectivity index (χ2n) is 5.09. The summed E-state index contributed by atoms with van der Waals surface area (Å²) in [6.07, 6.45) is 3.50. The molecule has 100 valence electrons. The van der Waals surface area contributed by atoms with Gasteiger partial charge in [0, 0.05) is 11.6 Å². The van der Waals surface area contributed by atoms with Gasteiger partial charge in [-0.1, -0.05) is 19.1 Å². The SMILES string of the molecule is CCCNC(C)c1cccc(F)c1OCC1CC1. The van der Waals surface area contributed by atoms with Crippen molar-refractivity contribution in [3.63, 3.8) is 0 Å². The predicted octanol–water partition coefficient (Wildman–Crippen LogP) is 3.68. The zero-order valence-electron chi connectivity index (χ0n) is 11.2. The van der Waals surface area contributed by atoms with E-state index < -0.39 is 0 Å². The van der Waals surface area contributed by atoms with Gasteiger partial charge in [-0.2, -0.15) is 0 Å². The molecule has 2 nitrogen and oxygen atoms in total. The second-order valence-corrected chi connectivity index (χ2v) is 5.09. The van der Waals surface area contributed by atoms with Crippen LogP contribution in [-0.4, -0.2) is 13.2 Å². The summed E-state index contributed by atoms with van der Waals surface area (Å²) >= 11 is 0. The maximum atomic E-state index is 13.9. The summed E-state index contributed by atoms with van der Waals surface area (Å²) < 4.78 is 19.5. The minimum atomic E-state index is -0.252. The summed E-state index contributed by atoms with van der Waals surface area (Å²) in [4.78, 5) is 0. The van der Waals surface area contributed by atoms with Crippen LogP contribution in [0, 0.1) is 11.7 Å². The maximum Gasteiger partial charge on any atom is 0.165 e. The predicted molar refractivity (Wildman–Crippen MR) is 71.3 cm³/mol. The molecule has 1 saturated carbocycles. The number of hydrogen-bond donors (Lipinski definition) is 1. The Hall–Kier alpha value is -1.09. The number of benzene rings is 1. The highest BCUT2D eigenvalue weighted by Gasteiger charge is 2.24. The average Bonchev–Trinajstić information content (AvgIpc) is 3.18. The molecule has 0 heterocycles. The molecule has 1 N–H and O–H groups in total. The van der Waals surface area contributed by atoms with E-state index in [1.807, 2.05) is 6.07 Å². The Labute approximate surface area is 109 Å². The van der Waals surface area contributed by atoms with Crippen LogP contribution in [-0.2, 0) is 0 Å². The second kappa shape index (κ2) is 6.19. The van der Waals surface area contributed by atoms with Crippen LogP contribution in [0.25, 0.3) is 0 Å². The van der Waals surface area contributed by atoms with E-state index in [4.69, 9.17) is 4.74 Å². The fraction of sp³-hybridized carbons (Fsp3) is 0.600. The lowest BCUT2D eigenvalue weighted by molar-refractivity contribution is 0.279. The molecule has 3 heteroatoms. The van der Waals surface area contributed by atoms with Gasteiger partial charge in [0.1, 0.15) is 0 Å². The third-order valence-electron chi connectivity index (χ3n) is 3.32. The van der Waals surface area contributed by atoms with E-state index >= 15 is 0 Å². The quantitative estimate of drug-likeness (QED) is 0.798. The van der Waals surface area contributed by atoms with Gasteiger partial charge in [-0.15, -0.1) is 0 Å². The molecule has 0 aromatic heterocycles. The van der Waals surface area contributed by atoms with Crippen LogP contribution in [0.15, 0.2) is 18.2 Å². The summed E-state index contributed by atoms with van der Waals surface area (Å²) in [5.74, 6) is 0.815. The molecule has 1 aliphatic carbocycles. The normalized spacial score (nSPS) is 16.6. The molecule has 1 unspecified atom stereocenters. The van der Waals surface area contributed by atoms with E-state index in [1.54, 1.807) is 6.07 Å². The minimum Gasteiger partial charge on any atom is -0.490 e.